The van der Waals surface area contributed by atoms with Crippen LogP contribution in [-0.2, 0) is 12.4 Å². The third-order valence-corrected chi connectivity index (χ3v) is 6.17. The van der Waals surface area contributed by atoms with E-state index in [0.29, 0.717) is 30.8 Å². The molecule has 1 aromatic heterocycles. The molecule has 2 atom stereocenters. The zero-order valence-corrected chi connectivity index (χ0v) is 17.7. The number of halogens is 6. The van der Waals surface area contributed by atoms with Crippen molar-refractivity contribution in [1.82, 2.24) is 4.98 Å². The number of aromatic nitrogens is 1. The molecule has 5 nitrogen and oxygen atoms in total. The van der Waals surface area contributed by atoms with Gasteiger partial charge in [-0.1, -0.05) is 12.8 Å². The number of benzene rings is 1. The van der Waals surface area contributed by atoms with E-state index >= 15 is 0 Å². The number of alkyl halides is 6. The highest BCUT2D eigenvalue weighted by molar-refractivity contribution is 6.05. The number of anilines is 3. The lowest BCUT2D eigenvalue weighted by molar-refractivity contribution is -0.143. The summed E-state index contributed by atoms with van der Waals surface area (Å²) in [4.78, 5) is 21.0. The van der Waals surface area contributed by atoms with E-state index < -0.39 is 35.2 Å². The molecule has 4 rings (SSSR count). The monoisotopic (exact) mass is 472 g/mol. The van der Waals surface area contributed by atoms with Crippen molar-refractivity contribution in [2.45, 2.75) is 57.0 Å². The van der Waals surface area contributed by atoms with E-state index in [1.807, 2.05) is 6.92 Å². The average molecular weight is 472 g/mol. The fourth-order valence-corrected chi connectivity index (χ4v) is 4.80. The SMILES string of the molecule is CCN1c2ccncc2N(C(=O)Nc2cc(C(F)(F)F)cc(C(F)(F)F)c2)C2CCCCC21. The topological polar surface area (TPSA) is 48.5 Å². The van der Waals surface area contributed by atoms with Crippen LogP contribution in [0, 0.1) is 0 Å². The van der Waals surface area contributed by atoms with Crippen LogP contribution in [0.15, 0.2) is 36.7 Å². The molecule has 1 saturated carbocycles. The zero-order valence-electron chi connectivity index (χ0n) is 17.7. The number of carbonyl (C=O) groups excluding carboxylic acids is 1. The van der Waals surface area contributed by atoms with Gasteiger partial charge in [0, 0.05) is 24.5 Å². The molecule has 11 heteroatoms. The smallest absolute Gasteiger partial charge is 0.365 e. The van der Waals surface area contributed by atoms with Crippen molar-refractivity contribution in [1.29, 1.82) is 0 Å². The predicted molar refractivity (Wildman–Crippen MR) is 111 cm³/mol. The Kier molecular flexibility index (Phi) is 5.92. The quantitative estimate of drug-likeness (QED) is 0.522. The van der Waals surface area contributed by atoms with Crippen LogP contribution in [0.2, 0.25) is 0 Å². The molecule has 2 unspecified atom stereocenters. The van der Waals surface area contributed by atoms with Crippen LogP contribution in [0.25, 0.3) is 0 Å². The maximum absolute atomic E-state index is 13.3. The number of urea groups is 1. The van der Waals surface area contributed by atoms with Crippen LogP contribution < -0.4 is 15.1 Å². The van der Waals surface area contributed by atoms with Crippen LogP contribution in [0.5, 0.6) is 0 Å². The van der Waals surface area contributed by atoms with Gasteiger partial charge >= 0.3 is 18.4 Å². The Bertz CT molecular complexity index is 1010. The number of amides is 2. The first-order valence-corrected chi connectivity index (χ1v) is 10.6. The van der Waals surface area contributed by atoms with Crippen molar-refractivity contribution in [3.63, 3.8) is 0 Å². The van der Waals surface area contributed by atoms with E-state index in [4.69, 9.17) is 0 Å². The minimum absolute atomic E-state index is 0.00311. The predicted octanol–water partition coefficient (Wildman–Crippen LogP) is 6.31. The average Bonchev–Trinajstić information content (AvgIpc) is 2.75. The van der Waals surface area contributed by atoms with Crippen molar-refractivity contribution in [3.05, 3.63) is 47.8 Å². The second-order valence-electron chi connectivity index (χ2n) is 8.16. The summed E-state index contributed by atoms with van der Waals surface area (Å²) in [6, 6.07) is 1.75. The maximum atomic E-state index is 13.3. The highest BCUT2D eigenvalue weighted by Crippen LogP contribution is 2.43. The minimum Gasteiger partial charge on any atom is -0.365 e. The number of fused-ring (bicyclic) bond motifs is 2. The van der Waals surface area contributed by atoms with Gasteiger partial charge in [0.25, 0.3) is 0 Å². The molecule has 0 radical (unpaired) electrons. The summed E-state index contributed by atoms with van der Waals surface area (Å²) in [7, 11) is 0. The Balaban J connectivity index is 1.73. The molecule has 0 saturated heterocycles. The number of hydrogen-bond donors (Lipinski definition) is 1. The number of likely N-dealkylation sites (N-methyl/N-ethyl adjacent to an activating group) is 1. The molecule has 2 aromatic rings. The van der Waals surface area contributed by atoms with E-state index in [1.165, 1.54) is 11.1 Å². The Labute approximate surface area is 186 Å². The van der Waals surface area contributed by atoms with E-state index in [0.717, 1.165) is 24.9 Å². The van der Waals surface area contributed by atoms with E-state index in [1.54, 1.807) is 12.3 Å². The van der Waals surface area contributed by atoms with Crippen LogP contribution in [-0.4, -0.2) is 29.6 Å². The van der Waals surface area contributed by atoms with Crippen molar-refractivity contribution in [3.8, 4) is 0 Å². The van der Waals surface area contributed by atoms with Crippen LogP contribution in [0.4, 0.5) is 48.2 Å². The Morgan fingerprint density at radius 2 is 1.61 bits per heavy atom. The Morgan fingerprint density at radius 3 is 2.18 bits per heavy atom. The summed E-state index contributed by atoms with van der Waals surface area (Å²) in [5, 5.41) is 2.28. The fourth-order valence-electron chi connectivity index (χ4n) is 4.80. The van der Waals surface area contributed by atoms with Gasteiger partial charge in [-0.15, -0.1) is 0 Å². The molecular weight excluding hydrogens is 450 g/mol. The molecule has 1 aromatic carbocycles. The summed E-state index contributed by atoms with van der Waals surface area (Å²) in [6.07, 6.45) is -3.60. The number of rotatable bonds is 2. The first-order valence-electron chi connectivity index (χ1n) is 10.6. The second-order valence-corrected chi connectivity index (χ2v) is 8.16. The van der Waals surface area contributed by atoms with E-state index in [-0.39, 0.29) is 18.2 Å². The lowest BCUT2D eigenvalue weighted by Gasteiger charge is -2.50. The second kappa shape index (κ2) is 8.42. The summed E-state index contributed by atoms with van der Waals surface area (Å²) >= 11 is 0. The Hall–Kier alpha value is -2.98. The van der Waals surface area contributed by atoms with Gasteiger partial charge in [0.15, 0.2) is 0 Å². The molecule has 1 aliphatic heterocycles. The molecule has 2 aliphatic rings. The lowest BCUT2D eigenvalue weighted by Crippen LogP contribution is -2.60. The largest absolute Gasteiger partial charge is 0.416 e. The van der Waals surface area contributed by atoms with Crippen LogP contribution in [0.1, 0.15) is 43.7 Å². The standard InChI is InChI=1S/C22H22F6N4O/c1-2-31-16-5-3-4-6-18(16)32(19-12-29-8-7-17(19)31)20(33)30-15-10-13(21(23,24)25)9-14(11-15)22(26,27)28/h7-12,16,18H,2-6H2,1H3,(H,30,33). The number of hydrogen-bond acceptors (Lipinski definition) is 3. The van der Waals surface area contributed by atoms with Crippen molar-refractivity contribution < 1.29 is 31.1 Å². The summed E-state index contributed by atoms with van der Waals surface area (Å²) in [6.45, 7) is 2.68. The normalized spacial score (nSPS) is 20.8. The van der Waals surface area contributed by atoms with E-state index in [9.17, 15) is 31.1 Å². The third-order valence-electron chi connectivity index (χ3n) is 6.17. The maximum Gasteiger partial charge on any atom is 0.416 e. The number of nitrogens with zero attached hydrogens (tertiary/aromatic N) is 3. The van der Waals surface area contributed by atoms with Crippen molar-refractivity contribution in [2.24, 2.45) is 0 Å². The molecule has 0 spiro atoms. The molecule has 33 heavy (non-hydrogen) atoms. The molecule has 1 fully saturated rings. The first kappa shape index (κ1) is 23.2. The van der Waals surface area contributed by atoms with E-state index in [2.05, 4.69) is 15.2 Å². The first-order chi connectivity index (χ1) is 15.5. The summed E-state index contributed by atoms with van der Waals surface area (Å²) in [5.74, 6) is 0. The van der Waals surface area contributed by atoms with Crippen molar-refractivity contribution in [2.75, 3.05) is 21.7 Å². The molecule has 178 valence electrons. The number of pyridine rings is 1. The fraction of sp³-hybridized carbons (Fsp3) is 0.455. The Morgan fingerprint density at radius 1 is 1.00 bits per heavy atom. The molecule has 1 aliphatic carbocycles. The molecule has 0 bridgehead atoms. The summed E-state index contributed by atoms with van der Waals surface area (Å²) in [5.41, 5.74) is -2.31. The van der Waals surface area contributed by atoms with Gasteiger partial charge < -0.3 is 10.2 Å². The van der Waals surface area contributed by atoms with Gasteiger partial charge in [-0.25, -0.2) is 4.79 Å². The summed E-state index contributed by atoms with van der Waals surface area (Å²) < 4.78 is 79.3. The highest BCUT2D eigenvalue weighted by Gasteiger charge is 2.43. The third kappa shape index (κ3) is 4.45. The molecule has 2 heterocycles. The van der Waals surface area contributed by atoms with Crippen LogP contribution in [0.3, 0.4) is 0 Å². The van der Waals surface area contributed by atoms with Gasteiger partial charge in [0.1, 0.15) is 0 Å². The van der Waals surface area contributed by atoms with Gasteiger partial charge in [0.2, 0.25) is 0 Å². The molecule has 1 N–H and O–H groups in total. The number of nitrogens with one attached hydrogen (secondary N) is 1. The number of carbonyl (C=O) groups is 1. The zero-order chi connectivity index (χ0) is 24.0. The minimum atomic E-state index is -5.00. The molecule has 2 amide bonds. The lowest BCUT2D eigenvalue weighted by atomic mass is 9.85. The van der Waals surface area contributed by atoms with Gasteiger partial charge in [-0.2, -0.15) is 26.3 Å². The van der Waals surface area contributed by atoms with Crippen molar-refractivity contribution >= 4 is 23.1 Å². The van der Waals surface area contributed by atoms with Crippen LogP contribution >= 0.6 is 0 Å². The van der Waals surface area contributed by atoms with Gasteiger partial charge in [-0.3, -0.25) is 9.88 Å². The highest BCUT2D eigenvalue weighted by atomic mass is 19.4. The van der Waals surface area contributed by atoms with Gasteiger partial charge in [0.05, 0.1) is 34.7 Å². The van der Waals surface area contributed by atoms with Gasteiger partial charge in [-0.05, 0) is 44.0 Å². The molecular formula is C22H22F6N4O.